The van der Waals surface area contributed by atoms with E-state index in [1.165, 1.54) is 6.08 Å². The predicted octanol–water partition coefficient (Wildman–Crippen LogP) is 3.35. The fraction of sp³-hybridized carbons (Fsp3) is 0.111. The summed E-state index contributed by atoms with van der Waals surface area (Å²) in [5.41, 5.74) is 1.91. The number of nitrogens with zero attached hydrogens (tertiary/aromatic N) is 1. The van der Waals surface area contributed by atoms with Crippen LogP contribution in [0.4, 0.5) is 0 Å². The average Bonchev–Trinajstić information content (AvgIpc) is 3.23. The van der Waals surface area contributed by atoms with Crippen molar-refractivity contribution in [1.29, 1.82) is 0 Å². The molecule has 1 aromatic heterocycles. The van der Waals surface area contributed by atoms with E-state index in [-0.39, 0.29) is 12.7 Å². The second-order valence-electron chi connectivity index (χ2n) is 5.26. The summed E-state index contributed by atoms with van der Waals surface area (Å²) in [5.74, 6) is 1.29. The van der Waals surface area contributed by atoms with Gasteiger partial charge in [0.15, 0.2) is 11.5 Å². The number of nitrogens with one attached hydrogen (secondary N) is 1. The van der Waals surface area contributed by atoms with Gasteiger partial charge in [0.2, 0.25) is 12.7 Å². The van der Waals surface area contributed by atoms with Gasteiger partial charge in [-0.15, -0.1) is 11.3 Å². The summed E-state index contributed by atoms with van der Waals surface area (Å²) >= 11 is 1.56. The Labute approximate surface area is 142 Å². The van der Waals surface area contributed by atoms with Crippen LogP contribution in [0, 0.1) is 0 Å². The van der Waals surface area contributed by atoms with Gasteiger partial charge in [0.1, 0.15) is 5.01 Å². The molecule has 4 rings (SSSR count). The van der Waals surface area contributed by atoms with E-state index in [0.29, 0.717) is 12.3 Å². The lowest BCUT2D eigenvalue weighted by molar-refractivity contribution is -0.116. The van der Waals surface area contributed by atoms with Crippen molar-refractivity contribution in [3.05, 3.63) is 59.1 Å². The van der Waals surface area contributed by atoms with Crippen LogP contribution >= 0.6 is 11.3 Å². The fourth-order valence-electron chi connectivity index (χ4n) is 2.41. The van der Waals surface area contributed by atoms with Crippen molar-refractivity contribution in [3.8, 4) is 11.5 Å². The summed E-state index contributed by atoms with van der Waals surface area (Å²) in [5, 5.41) is 3.66. The van der Waals surface area contributed by atoms with Crippen molar-refractivity contribution in [2.45, 2.75) is 6.54 Å². The maximum absolute atomic E-state index is 12.0. The minimum Gasteiger partial charge on any atom is -0.454 e. The third-order valence-electron chi connectivity index (χ3n) is 3.59. The Morgan fingerprint density at radius 3 is 3.00 bits per heavy atom. The SMILES string of the molecule is O=C(C=Cc1nc2ccccc2s1)NCc1ccc2c(c1)OCO2. The Hall–Kier alpha value is -2.86. The Bertz CT molecular complexity index is 900. The van der Waals surface area contributed by atoms with Gasteiger partial charge in [0.25, 0.3) is 0 Å². The highest BCUT2D eigenvalue weighted by molar-refractivity contribution is 7.19. The topological polar surface area (TPSA) is 60.5 Å². The molecular formula is C18H14N2O3S. The van der Waals surface area contributed by atoms with Crippen LogP contribution < -0.4 is 14.8 Å². The van der Waals surface area contributed by atoms with E-state index < -0.39 is 0 Å². The monoisotopic (exact) mass is 338 g/mol. The molecule has 0 spiro atoms. The van der Waals surface area contributed by atoms with E-state index in [4.69, 9.17) is 9.47 Å². The quantitative estimate of drug-likeness (QED) is 0.741. The van der Waals surface area contributed by atoms with Gasteiger partial charge < -0.3 is 14.8 Å². The van der Waals surface area contributed by atoms with Crippen molar-refractivity contribution >= 4 is 33.5 Å². The average molecular weight is 338 g/mol. The standard InChI is InChI=1S/C18H14N2O3S/c21-17(7-8-18-20-13-3-1-2-4-16(13)24-18)19-10-12-5-6-14-15(9-12)23-11-22-14/h1-9H,10-11H2,(H,19,21). The molecule has 0 bridgehead atoms. The molecule has 0 unspecified atom stereocenters. The summed E-state index contributed by atoms with van der Waals surface area (Å²) in [6.07, 6.45) is 3.24. The van der Waals surface area contributed by atoms with Crippen molar-refractivity contribution < 1.29 is 14.3 Å². The molecule has 1 aliphatic heterocycles. The number of amides is 1. The van der Waals surface area contributed by atoms with Crippen LogP contribution in [0.15, 0.2) is 48.5 Å². The zero-order valence-electron chi connectivity index (χ0n) is 12.7. The van der Waals surface area contributed by atoms with Crippen LogP contribution in [0.5, 0.6) is 11.5 Å². The van der Waals surface area contributed by atoms with Crippen molar-refractivity contribution in [1.82, 2.24) is 10.3 Å². The smallest absolute Gasteiger partial charge is 0.244 e. The van der Waals surface area contributed by atoms with Crippen molar-refractivity contribution in [3.63, 3.8) is 0 Å². The highest BCUT2D eigenvalue weighted by atomic mass is 32.1. The van der Waals surface area contributed by atoms with Crippen LogP contribution in [0.25, 0.3) is 16.3 Å². The maximum Gasteiger partial charge on any atom is 0.244 e. The van der Waals surface area contributed by atoms with Gasteiger partial charge in [-0.1, -0.05) is 18.2 Å². The number of rotatable bonds is 4. The van der Waals surface area contributed by atoms with E-state index in [9.17, 15) is 4.79 Å². The second-order valence-corrected chi connectivity index (χ2v) is 6.32. The van der Waals surface area contributed by atoms with Gasteiger partial charge in [-0.3, -0.25) is 4.79 Å². The molecule has 0 aliphatic carbocycles. The van der Waals surface area contributed by atoms with E-state index >= 15 is 0 Å². The van der Waals surface area contributed by atoms with Crippen LogP contribution in [0.1, 0.15) is 10.6 Å². The Balaban J connectivity index is 1.37. The minimum absolute atomic E-state index is 0.160. The summed E-state index contributed by atoms with van der Waals surface area (Å²) in [6, 6.07) is 13.5. The maximum atomic E-state index is 12.0. The molecule has 0 saturated carbocycles. The number of fused-ring (bicyclic) bond motifs is 2. The number of thiazole rings is 1. The molecule has 0 saturated heterocycles. The third-order valence-corrected chi connectivity index (χ3v) is 4.59. The molecule has 0 atom stereocenters. The van der Waals surface area contributed by atoms with E-state index in [1.807, 2.05) is 42.5 Å². The Morgan fingerprint density at radius 1 is 1.21 bits per heavy atom. The molecular weight excluding hydrogens is 324 g/mol. The van der Waals surface area contributed by atoms with E-state index in [2.05, 4.69) is 10.3 Å². The van der Waals surface area contributed by atoms with Gasteiger partial charge in [0.05, 0.1) is 10.2 Å². The van der Waals surface area contributed by atoms with Crippen LogP contribution in [-0.4, -0.2) is 17.7 Å². The summed E-state index contributed by atoms with van der Waals surface area (Å²) in [4.78, 5) is 16.4. The van der Waals surface area contributed by atoms with Gasteiger partial charge in [0, 0.05) is 12.6 Å². The predicted molar refractivity (Wildman–Crippen MR) is 93.1 cm³/mol. The first kappa shape index (κ1) is 14.7. The van der Waals surface area contributed by atoms with Crippen LogP contribution in [0.2, 0.25) is 0 Å². The summed E-state index contributed by atoms with van der Waals surface area (Å²) in [7, 11) is 0. The first-order chi connectivity index (χ1) is 11.8. The third kappa shape index (κ3) is 3.09. The Kier molecular flexibility index (Phi) is 3.88. The summed E-state index contributed by atoms with van der Waals surface area (Å²) in [6.45, 7) is 0.676. The molecule has 1 amide bonds. The molecule has 5 nitrogen and oxygen atoms in total. The first-order valence-electron chi connectivity index (χ1n) is 7.48. The number of hydrogen-bond acceptors (Lipinski definition) is 5. The van der Waals surface area contributed by atoms with Gasteiger partial charge >= 0.3 is 0 Å². The first-order valence-corrected chi connectivity index (χ1v) is 8.29. The van der Waals surface area contributed by atoms with E-state index in [0.717, 1.165) is 26.5 Å². The molecule has 3 aromatic rings. The number of hydrogen-bond donors (Lipinski definition) is 1. The van der Waals surface area contributed by atoms with Crippen molar-refractivity contribution in [2.24, 2.45) is 0 Å². The lowest BCUT2D eigenvalue weighted by Gasteiger charge is -2.03. The largest absolute Gasteiger partial charge is 0.454 e. The number of aromatic nitrogens is 1. The lowest BCUT2D eigenvalue weighted by atomic mass is 10.2. The zero-order valence-corrected chi connectivity index (χ0v) is 13.5. The molecule has 2 heterocycles. The number of para-hydroxylation sites is 1. The molecule has 0 radical (unpaired) electrons. The molecule has 0 fully saturated rings. The number of carbonyl (C=O) groups excluding carboxylic acids is 1. The van der Waals surface area contributed by atoms with Gasteiger partial charge in [-0.05, 0) is 35.9 Å². The number of ether oxygens (including phenoxy) is 2. The molecule has 6 heteroatoms. The normalized spacial score (nSPS) is 12.8. The molecule has 24 heavy (non-hydrogen) atoms. The fourth-order valence-corrected chi connectivity index (χ4v) is 3.28. The van der Waals surface area contributed by atoms with Crippen LogP contribution in [-0.2, 0) is 11.3 Å². The molecule has 1 N–H and O–H groups in total. The molecule has 2 aromatic carbocycles. The lowest BCUT2D eigenvalue weighted by Crippen LogP contribution is -2.20. The van der Waals surface area contributed by atoms with Gasteiger partial charge in [-0.2, -0.15) is 0 Å². The molecule has 1 aliphatic rings. The van der Waals surface area contributed by atoms with Crippen molar-refractivity contribution in [2.75, 3.05) is 6.79 Å². The summed E-state index contributed by atoms with van der Waals surface area (Å²) < 4.78 is 11.7. The van der Waals surface area contributed by atoms with Gasteiger partial charge in [-0.25, -0.2) is 4.98 Å². The Morgan fingerprint density at radius 2 is 2.08 bits per heavy atom. The minimum atomic E-state index is -0.160. The second kappa shape index (κ2) is 6.33. The number of benzene rings is 2. The van der Waals surface area contributed by atoms with Crippen LogP contribution in [0.3, 0.4) is 0 Å². The highest BCUT2D eigenvalue weighted by Gasteiger charge is 2.13. The molecule has 120 valence electrons. The zero-order chi connectivity index (χ0) is 16.4. The highest BCUT2D eigenvalue weighted by Crippen LogP contribution is 2.32. The number of carbonyl (C=O) groups is 1. The van der Waals surface area contributed by atoms with E-state index in [1.54, 1.807) is 17.4 Å².